The van der Waals surface area contributed by atoms with Gasteiger partial charge in [-0.1, -0.05) is 12.1 Å². The normalized spacial score (nSPS) is 10.1. The fourth-order valence-corrected chi connectivity index (χ4v) is 1.34. The topological polar surface area (TPSA) is 61.0 Å². The highest BCUT2D eigenvalue weighted by atomic mass is 16.5. The monoisotopic (exact) mass is 215 g/mol. The predicted molar refractivity (Wildman–Crippen MR) is 62.4 cm³/mol. The van der Waals surface area contributed by atoms with Gasteiger partial charge >= 0.3 is 0 Å². The molecule has 4 heteroatoms. The van der Waals surface area contributed by atoms with Crippen LogP contribution in [-0.4, -0.2) is 9.97 Å². The van der Waals surface area contributed by atoms with Crippen LogP contribution in [0.25, 0.3) is 0 Å². The van der Waals surface area contributed by atoms with E-state index in [1.807, 2.05) is 32.0 Å². The first-order valence-corrected chi connectivity index (χ1v) is 4.98. The molecule has 16 heavy (non-hydrogen) atoms. The number of nitrogen functional groups attached to an aromatic ring is 1. The summed E-state index contributed by atoms with van der Waals surface area (Å²) in [5, 5.41) is 0. The van der Waals surface area contributed by atoms with E-state index >= 15 is 0 Å². The molecular weight excluding hydrogens is 202 g/mol. The van der Waals surface area contributed by atoms with Crippen molar-refractivity contribution in [2.45, 2.75) is 13.8 Å². The van der Waals surface area contributed by atoms with Gasteiger partial charge in [0.1, 0.15) is 5.75 Å². The number of aryl methyl sites for hydroxylation is 2. The molecular formula is C12H13N3O. The quantitative estimate of drug-likeness (QED) is 0.835. The summed E-state index contributed by atoms with van der Waals surface area (Å²) in [6.07, 6.45) is 3.09. The van der Waals surface area contributed by atoms with Crippen LogP contribution < -0.4 is 10.5 Å². The lowest BCUT2D eigenvalue weighted by Gasteiger charge is -2.09. The zero-order chi connectivity index (χ0) is 11.5. The summed E-state index contributed by atoms with van der Waals surface area (Å²) in [5.74, 6) is 1.40. The Morgan fingerprint density at radius 2 is 1.88 bits per heavy atom. The third kappa shape index (κ3) is 2.11. The molecule has 1 aromatic carbocycles. The Labute approximate surface area is 94.1 Å². The summed E-state index contributed by atoms with van der Waals surface area (Å²) >= 11 is 0. The van der Waals surface area contributed by atoms with Gasteiger partial charge in [-0.15, -0.1) is 0 Å². The average molecular weight is 215 g/mol. The largest absolute Gasteiger partial charge is 0.436 e. The molecule has 2 N–H and O–H groups in total. The highest BCUT2D eigenvalue weighted by molar-refractivity contribution is 5.44. The van der Waals surface area contributed by atoms with E-state index in [-0.39, 0.29) is 0 Å². The highest BCUT2D eigenvalue weighted by Crippen LogP contribution is 2.26. The minimum atomic E-state index is 0.295. The molecule has 0 amide bonds. The van der Waals surface area contributed by atoms with E-state index in [1.54, 1.807) is 6.20 Å². The van der Waals surface area contributed by atoms with Crippen LogP contribution in [-0.2, 0) is 0 Å². The van der Waals surface area contributed by atoms with Crippen LogP contribution in [0, 0.1) is 13.8 Å². The van der Waals surface area contributed by atoms with Gasteiger partial charge in [0.15, 0.2) is 5.82 Å². The van der Waals surface area contributed by atoms with Gasteiger partial charge in [0.25, 0.3) is 5.88 Å². The molecule has 0 unspecified atom stereocenters. The lowest BCUT2D eigenvalue weighted by Crippen LogP contribution is -1.98. The lowest BCUT2D eigenvalue weighted by molar-refractivity contribution is 0.459. The van der Waals surface area contributed by atoms with Crippen LogP contribution in [0.4, 0.5) is 5.82 Å². The average Bonchev–Trinajstić information content (AvgIpc) is 2.27. The zero-order valence-electron chi connectivity index (χ0n) is 9.27. The molecule has 2 aromatic rings. The summed E-state index contributed by atoms with van der Waals surface area (Å²) < 4.78 is 5.62. The molecule has 0 saturated carbocycles. The van der Waals surface area contributed by atoms with E-state index in [9.17, 15) is 0 Å². The molecule has 0 aliphatic rings. The minimum Gasteiger partial charge on any atom is -0.436 e. The first-order chi connectivity index (χ1) is 7.66. The fourth-order valence-electron chi connectivity index (χ4n) is 1.34. The van der Waals surface area contributed by atoms with Gasteiger partial charge < -0.3 is 10.5 Å². The van der Waals surface area contributed by atoms with Gasteiger partial charge in [0, 0.05) is 12.4 Å². The van der Waals surface area contributed by atoms with E-state index in [1.165, 1.54) is 6.20 Å². The smallest absolute Gasteiger partial charge is 0.262 e. The summed E-state index contributed by atoms with van der Waals surface area (Å²) in [7, 11) is 0. The molecule has 0 radical (unpaired) electrons. The molecule has 82 valence electrons. The maximum absolute atomic E-state index is 5.66. The maximum Gasteiger partial charge on any atom is 0.262 e. The first-order valence-electron chi connectivity index (χ1n) is 4.98. The number of aromatic nitrogens is 2. The van der Waals surface area contributed by atoms with Crippen LogP contribution in [0.5, 0.6) is 11.6 Å². The molecule has 1 heterocycles. The van der Waals surface area contributed by atoms with Crippen LogP contribution in [0.15, 0.2) is 30.6 Å². The van der Waals surface area contributed by atoms with E-state index in [2.05, 4.69) is 9.97 Å². The van der Waals surface area contributed by atoms with Crippen LogP contribution in [0.3, 0.4) is 0 Å². The number of hydrogen-bond acceptors (Lipinski definition) is 4. The number of hydrogen-bond donors (Lipinski definition) is 1. The zero-order valence-corrected chi connectivity index (χ0v) is 9.27. The molecule has 0 atom stereocenters. The van der Waals surface area contributed by atoms with Crippen molar-refractivity contribution in [1.29, 1.82) is 0 Å². The molecule has 0 bridgehead atoms. The molecule has 0 spiro atoms. The third-order valence-corrected chi connectivity index (χ3v) is 2.24. The molecule has 0 aliphatic carbocycles. The van der Waals surface area contributed by atoms with E-state index in [0.717, 1.165) is 16.9 Å². The number of nitrogens with zero attached hydrogens (tertiary/aromatic N) is 2. The minimum absolute atomic E-state index is 0.295. The molecule has 1 aromatic heterocycles. The first kappa shape index (κ1) is 10.4. The second-order valence-electron chi connectivity index (χ2n) is 3.62. The van der Waals surface area contributed by atoms with Crippen molar-refractivity contribution in [1.82, 2.24) is 9.97 Å². The van der Waals surface area contributed by atoms with Crippen molar-refractivity contribution in [3.8, 4) is 11.6 Å². The van der Waals surface area contributed by atoms with Crippen molar-refractivity contribution < 1.29 is 4.74 Å². The van der Waals surface area contributed by atoms with Crippen LogP contribution in [0.1, 0.15) is 11.1 Å². The van der Waals surface area contributed by atoms with Crippen molar-refractivity contribution >= 4 is 5.82 Å². The molecule has 2 rings (SSSR count). The van der Waals surface area contributed by atoms with E-state index in [4.69, 9.17) is 10.5 Å². The maximum atomic E-state index is 5.66. The van der Waals surface area contributed by atoms with Crippen molar-refractivity contribution in [2.24, 2.45) is 0 Å². The Morgan fingerprint density at radius 3 is 2.62 bits per heavy atom. The van der Waals surface area contributed by atoms with Crippen molar-refractivity contribution in [2.75, 3.05) is 5.73 Å². The highest BCUT2D eigenvalue weighted by Gasteiger charge is 2.06. The standard InChI is InChI=1S/C12H13N3O/c1-8-3-4-9(2)10(7-8)16-12-11(13)14-5-6-15-12/h3-7H,1-2H3,(H2,13,14). The van der Waals surface area contributed by atoms with Crippen LogP contribution in [0.2, 0.25) is 0 Å². The van der Waals surface area contributed by atoms with Crippen LogP contribution >= 0.6 is 0 Å². The Bertz CT molecular complexity index is 511. The number of anilines is 1. The number of benzene rings is 1. The summed E-state index contributed by atoms with van der Waals surface area (Å²) in [6, 6.07) is 5.98. The van der Waals surface area contributed by atoms with Gasteiger partial charge in [0.2, 0.25) is 0 Å². The molecule has 0 aliphatic heterocycles. The van der Waals surface area contributed by atoms with E-state index < -0.39 is 0 Å². The Morgan fingerprint density at radius 1 is 1.12 bits per heavy atom. The fraction of sp³-hybridized carbons (Fsp3) is 0.167. The van der Waals surface area contributed by atoms with Gasteiger partial charge in [0.05, 0.1) is 0 Å². The van der Waals surface area contributed by atoms with Gasteiger partial charge in [-0.25, -0.2) is 9.97 Å². The van der Waals surface area contributed by atoms with Crippen molar-refractivity contribution in [3.63, 3.8) is 0 Å². The summed E-state index contributed by atoms with van der Waals surface area (Å²) in [4.78, 5) is 7.95. The van der Waals surface area contributed by atoms with Gasteiger partial charge in [-0.2, -0.15) is 0 Å². The predicted octanol–water partition coefficient (Wildman–Crippen LogP) is 2.47. The van der Waals surface area contributed by atoms with Crippen molar-refractivity contribution in [3.05, 3.63) is 41.7 Å². The van der Waals surface area contributed by atoms with Gasteiger partial charge in [-0.3, -0.25) is 0 Å². The number of rotatable bonds is 2. The third-order valence-electron chi connectivity index (χ3n) is 2.24. The number of ether oxygens (including phenoxy) is 1. The SMILES string of the molecule is Cc1ccc(C)c(Oc2nccnc2N)c1. The second-order valence-corrected chi connectivity index (χ2v) is 3.62. The lowest BCUT2D eigenvalue weighted by atomic mass is 10.1. The molecule has 0 saturated heterocycles. The Balaban J connectivity index is 2.34. The van der Waals surface area contributed by atoms with Gasteiger partial charge in [-0.05, 0) is 31.0 Å². The Kier molecular flexibility index (Phi) is 2.72. The van der Waals surface area contributed by atoms with E-state index in [0.29, 0.717) is 11.7 Å². The second kappa shape index (κ2) is 4.18. The number of nitrogens with two attached hydrogens (primary N) is 1. The molecule has 0 fully saturated rings. The summed E-state index contributed by atoms with van der Waals surface area (Å²) in [5.41, 5.74) is 7.82. The molecule has 4 nitrogen and oxygen atoms in total. The summed E-state index contributed by atoms with van der Waals surface area (Å²) in [6.45, 7) is 3.98. The Hall–Kier alpha value is -2.10.